The van der Waals surface area contributed by atoms with Gasteiger partial charge >= 0.3 is 0 Å². The van der Waals surface area contributed by atoms with Gasteiger partial charge in [0.05, 0.1) is 5.92 Å². The van der Waals surface area contributed by atoms with Crippen LogP contribution in [0.4, 0.5) is 4.39 Å². The molecule has 0 aliphatic heterocycles. The van der Waals surface area contributed by atoms with E-state index in [0.717, 1.165) is 39.1 Å². The summed E-state index contributed by atoms with van der Waals surface area (Å²) in [6.45, 7) is 4.75. The van der Waals surface area contributed by atoms with Crippen molar-refractivity contribution in [2.75, 3.05) is 68.5 Å². The molecule has 0 saturated heterocycles. The zero-order chi connectivity index (χ0) is 27.7. The minimum atomic E-state index is -0.549. The molecule has 2 aliphatic rings. The Hall–Kier alpha value is -2.58. The van der Waals surface area contributed by atoms with E-state index in [0.29, 0.717) is 12.5 Å². The maximum Gasteiger partial charge on any atom is 0.231 e. The molecule has 0 radical (unpaired) electrons. The number of likely N-dealkylation sites (N-methyl/N-ethyl adjacent to an activating group) is 3. The zero-order valence-electron chi connectivity index (χ0n) is 24.0. The Labute approximate surface area is 229 Å². The first-order valence-corrected chi connectivity index (χ1v) is 13.6. The van der Waals surface area contributed by atoms with Gasteiger partial charge in [0.1, 0.15) is 5.83 Å². The lowest BCUT2D eigenvalue weighted by Gasteiger charge is -2.31. The zero-order valence-corrected chi connectivity index (χ0v) is 24.0. The molecule has 2 unspecified atom stereocenters. The van der Waals surface area contributed by atoms with Gasteiger partial charge in [0.15, 0.2) is 0 Å². The first kappa shape index (κ1) is 30.0. The minimum absolute atomic E-state index is 0.0595. The maximum atomic E-state index is 14.2. The van der Waals surface area contributed by atoms with Crippen LogP contribution in [-0.2, 0) is 17.9 Å². The van der Waals surface area contributed by atoms with Crippen molar-refractivity contribution >= 4 is 5.91 Å². The molecule has 0 saturated carbocycles. The highest BCUT2D eigenvalue weighted by molar-refractivity contribution is 5.82. The molecule has 1 N–H and O–H groups in total. The first-order valence-electron chi connectivity index (χ1n) is 13.6. The van der Waals surface area contributed by atoms with Gasteiger partial charge in [-0.2, -0.15) is 0 Å². The van der Waals surface area contributed by atoms with E-state index in [2.05, 4.69) is 97.7 Å². The molecule has 38 heavy (non-hydrogen) atoms. The molecule has 7 heteroatoms. The summed E-state index contributed by atoms with van der Waals surface area (Å²) < 4.78 is 14.2. The van der Waals surface area contributed by atoms with Crippen molar-refractivity contribution in [1.29, 1.82) is 0 Å². The van der Waals surface area contributed by atoms with Crippen molar-refractivity contribution in [2.45, 2.75) is 25.6 Å². The van der Waals surface area contributed by atoms with E-state index in [9.17, 15) is 9.18 Å². The van der Waals surface area contributed by atoms with Crippen LogP contribution >= 0.6 is 0 Å². The molecular weight excluding hydrogens is 477 g/mol. The van der Waals surface area contributed by atoms with Crippen LogP contribution in [0.1, 0.15) is 17.5 Å². The molecular formula is C31H46FN5O. The number of hydrogen-bond donors (Lipinski definition) is 1. The second kappa shape index (κ2) is 14.5. The standard InChI is InChI=1S/C31H46FN5O/c1-34(2)21-25-9-7-24(8-10-25)20-33-30-16-15-28(32)19-29(30)31(38)37(6)18-17-36(5)23-27-13-11-26(12-14-27)22-35(3)4/h7,9-16,19,24,29-30,33H,8,17-18,20-23H2,1-6H3/t24-,29?,30?/m0/s1. The van der Waals surface area contributed by atoms with Crippen molar-refractivity contribution in [1.82, 2.24) is 24.9 Å². The fourth-order valence-corrected chi connectivity index (χ4v) is 4.89. The molecule has 6 nitrogen and oxygen atoms in total. The highest BCUT2D eigenvalue weighted by Crippen LogP contribution is 2.22. The monoisotopic (exact) mass is 523 g/mol. The Morgan fingerprint density at radius 1 is 0.895 bits per heavy atom. The molecule has 0 fully saturated rings. The Morgan fingerprint density at radius 2 is 1.55 bits per heavy atom. The largest absolute Gasteiger partial charge is 0.344 e. The fourth-order valence-electron chi connectivity index (χ4n) is 4.89. The van der Waals surface area contributed by atoms with Crippen molar-refractivity contribution in [2.24, 2.45) is 11.8 Å². The number of rotatable bonds is 13. The second-order valence-corrected chi connectivity index (χ2v) is 11.3. The molecule has 3 rings (SSSR count). The number of benzene rings is 1. The predicted molar refractivity (Wildman–Crippen MR) is 155 cm³/mol. The van der Waals surface area contributed by atoms with Crippen LogP contribution < -0.4 is 5.32 Å². The molecule has 0 spiro atoms. The van der Waals surface area contributed by atoms with E-state index >= 15 is 0 Å². The normalized spacial score (nSPS) is 21.3. The van der Waals surface area contributed by atoms with Crippen LogP contribution in [0.2, 0.25) is 0 Å². The number of hydrogen-bond acceptors (Lipinski definition) is 5. The van der Waals surface area contributed by atoms with E-state index in [-0.39, 0.29) is 17.8 Å². The van der Waals surface area contributed by atoms with Crippen LogP contribution in [0.15, 0.2) is 72.1 Å². The molecule has 1 amide bonds. The summed E-state index contributed by atoms with van der Waals surface area (Å²) in [6, 6.07) is 8.46. The number of carbonyl (C=O) groups excluding carboxylic acids is 1. The van der Waals surface area contributed by atoms with Gasteiger partial charge in [0.25, 0.3) is 0 Å². The summed E-state index contributed by atoms with van der Waals surface area (Å²) in [6.07, 6.45) is 12.4. The van der Waals surface area contributed by atoms with E-state index in [1.165, 1.54) is 28.9 Å². The van der Waals surface area contributed by atoms with Gasteiger partial charge in [-0.3, -0.25) is 4.79 Å². The lowest BCUT2D eigenvalue weighted by molar-refractivity contribution is -0.133. The average Bonchev–Trinajstić information content (AvgIpc) is 2.87. The third-order valence-corrected chi connectivity index (χ3v) is 7.02. The molecule has 208 valence electrons. The lowest BCUT2D eigenvalue weighted by atomic mass is 9.91. The minimum Gasteiger partial charge on any atom is -0.344 e. The van der Waals surface area contributed by atoms with Gasteiger partial charge in [-0.25, -0.2) is 4.39 Å². The molecule has 0 heterocycles. The van der Waals surface area contributed by atoms with Crippen molar-refractivity contribution < 1.29 is 9.18 Å². The summed E-state index contributed by atoms with van der Waals surface area (Å²) >= 11 is 0. The average molecular weight is 524 g/mol. The number of carbonyl (C=O) groups is 1. The summed E-state index contributed by atoms with van der Waals surface area (Å²) in [5.41, 5.74) is 3.87. The number of nitrogens with one attached hydrogen (secondary N) is 1. The van der Waals surface area contributed by atoms with Gasteiger partial charge in [0.2, 0.25) is 5.91 Å². The lowest BCUT2D eigenvalue weighted by Crippen LogP contribution is -2.47. The van der Waals surface area contributed by atoms with Gasteiger partial charge < -0.3 is 24.9 Å². The van der Waals surface area contributed by atoms with E-state index in [4.69, 9.17) is 0 Å². The summed E-state index contributed by atoms with van der Waals surface area (Å²) in [7, 11) is 12.2. The topological polar surface area (TPSA) is 42.1 Å². The highest BCUT2D eigenvalue weighted by atomic mass is 19.1. The summed E-state index contributed by atoms with van der Waals surface area (Å²) in [5.74, 6) is -0.592. The number of amides is 1. The van der Waals surface area contributed by atoms with Crippen molar-refractivity contribution in [3.05, 3.63) is 83.2 Å². The molecule has 0 aromatic heterocycles. The van der Waals surface area contributed by atoms with Crippen LogP contribution in [0.25, 0.3) is 0 Å². The Balaban J connectivity index is 1.48. The smallest absolute Gasteiger partial charge is 0.231 e. The molecule has 3 atom stereocenters. The third kappa shape index (κ3) is 9.62. The first-order chi connectivity index (χ1) is 18.1. The van der Waals surface area contributed by atoms with Gasteiger partial charge in [-0.1, -0.05) is 48.6 Å². The number of allylic oxidation sites excluding steroid dienone is 3. The van der Waals surface area contributed by atoms with Crippen LogP contribution in [0.3, 0.4) is 0 Å². The predicted octanol–water partition coefficient (Wildman–Crippen LogP) is 3.70. The highest BCUT2D eigenvalue weighted by Gasteiger charge is 2.30. The summed E-state index contributed by atoms with van der Waals surface area (Å²) in [4.78, 5) is 21.6. The van der Waals surface area contributed by atoms with Crippen LogP contribution in [0.5, 0.6) is 0 Å². The van der Waals surface area contributed by atoms with Crippen LogP contribution in [0, 0.1) is 11.8 Å². The molecule has 2 aliphatic carbocycles. The molecule has 1 aromatic carbocycles. The van der Waals surface area contributed by atoms with Gasteiger partial charge in [-0.15, -0.1) is 0 Å². The second-order valence-electron chi connectivity index (χ2n) is 11.3. The number of nitrogens with zero attached hydrogens (tertiary/aromatic N) is 4. The van der Waals surface area contributed by atoms with E-state index in [1.807, 2.05) is 7.05 Å². The summed E-state index contributed by atoms with van der Waals surface area (Å²) in [5, 5.41) is 3.52. The molecule has 1 aromatic rings. The van der Waals surface area contributed by atoms with Crippen LogP contribution in [-0.4, -0.2) is 100 Å². The Morgan fingerprint density at radius 3 is 2.16 bits per heavy atom. The number of halogens is 1. The van der Waals surface area contributed by atoms with Gasteiger partial charge in [0, 0.05) is 52.4 Å². The SMILES string of the molecule is CN(C)CC1=CC[C@@H](CNC2C=CC(F)=CC2C(=O)N(C)CCN(C)Cc2ccc(CN(C)C)cc2)C=C1. The van der Waals surface area contributed by atoms with E-state index < -0.39 is 5.92 Å². The quantitative estimate of drug-likeness (QED) is 0.427. The third-order valence-electron chi connectivity index (χ3n) is 7.02. The van der Waals surface area contributed by atoms with Crippen molar-refractivity contribution in [3.8, 4) is 0 Å². The van der Waals surface area contributed by atoms with E-state index in [1.54, 1.807) is 11.0 Å². The van der Waals surface area contributed by atoms with Gasteiger partial charge in [-0.05, 0) is 76.4 Å². The Kier molecular flexibility index (Phi) is 11.5. The fraction of sp³-hybridized carbons (Fsp3) is 0.516. The Bertz CT molecular complexity index is 1030. The maximum absolute atomic E-state index is 14.2. The van der Waals surface area contributed by atoms with Crippen molar-refractivity contribution in [3.63, 3.8) is 0 Å². The molecule has 0 bridgehead atoms.